The molecule has 1 atom stereocenters. The van der Waals surface area contributed by atoms with Gasteiger partial charge in [0.2, 0.25) is 5.91 Å². The molecule has 1 amide bonds. The minimum atomic E-state index is -0.759. The number of unbranched alkanes of at least 4 members (excludes halogenated alkanes) is 1. The van der Waals surface area contributed by atoms with Crippen molar-refractivity contribution in [2.75, 3.05) is 13.1 Å². The Morgan fingerprint density at radius 2 is 2.06 bits per heavy atom. The molecule has 1 fully saturated rings. The lowest BCUT2D eigenvalue weighted by Crippen LogP contribution is -2.28. The standard InChI is InChI=1S/C13H23NO3/c1-13(2,3)10-8-11(15)14(9-10)7-5-4-6-12(16)17/h10H,4-9H2,1-3H3,(H,16,17). The molecule has 0 spiro atoms. The number of rotatable bonds is 5. The molecule has 0 aromatic heterocycles. The van der Waals surface area contributed by atoms with Gasteiger partial charge in [-0.1, -0.05) is 20.8 Å². The van der Waals surface area contributed by atoms with E-state index in [-0.39, 0.29) is 17.7 Å². The number of carboxylic acid groups (broad SMARTS) is 1. The Kier molecular flexibility index (Phi) is 4.54. The number of carbonyl (C=O) groups is 2. The fourth-order valence-electron chi connectivity index (χ4n) is 2.15. The Labute approximate surface area is 103 Å². The number of amides is 1. The predicted molar refractivity (Wildman–Crippen MR) is 65.6 cm³/mol. The Morgan fingerprint density at radius 1 is 1.41 bits per heavy atom. The van der Waals surface area contributed by atoms with Gasteiger partial charge in [-0.3, -0.25) is 9.59 Å². The minimum Gasteiger partial charge on any atom is -0.481 e. The van der Waals surface area contributed by atoms with Crippen molar-refractivity contribution < 1.29 is 14.7 Å². The maximum Gasteiger partial charge on any atom is 0.303 e. The molecule has 0 aromatic carbocycles. The van der Waals surface area contributed by atoms with Gasteiger partial charge in [-0.25, -0.2) is 0 Å². The van der Waals surface area contributed by atoms with Gasteiger partial charge in [0, 0.05) is 25.9 Å². The van der Waals surface area contributed by atoms with Crippen LogP contribution in [-0.2, 0) is 9.59 Å². The van der Waals surface area contributed by atoms with Gasteiger partial charge in [-0.05, 0) is 24.2 Å². The van der Waals surface area contributed by atoms with E-state index in [1.807, 2.05) is 4.90 Å². The van der Waals surface area contributed by atoms with Gasteiger partial charge in [-0.2, -0.15) is 0 Å². The van der Waals surface area contributed by atoms with Crippen molar-refractivity contribution in [2.45, 2.75) is 46.5 Å². The molecule has 0 bridgehead atoms. The third kappa shape index (κ3) is 4.36. The van der Waals surface area contributed by atoms with Crippen LogP contribution in [0.25, 0.3) is 0 Å². The summed E-state index contributed by atoms with van der Waals surface area (Å²) in [5, 5.41) is 8.53. The maximum absolute atomic E-state index is 11.8. The highest BCUT2D eigenvalue weighted by Gasteiger charge is 2.36. The van der Waals surface area contributed by atoms with Gasteiger partial charge >= 0.3 is 5.97 Å². The van der Waals surface area contributed by atoms with Gasteiger partial charge < -0.3 is 10.0 Å². The van der Waals surface area contributed by atoms with Crippen LogP contribution in [0.3, 0.4) is 0 Å². The summed E-state index contributed by atoms with van der Waals surface area (Å²) >= 11 is 0. The third-order valence-electron chi connectivity index (χ3n) is 3.51. The van der Waals surface area contributed by atoms with Crippen molar-refractivity contribution in [3.05, 3.63) is 0 Å². The van der Waals surface area contributed by atoms with Crippen LogP contribution < -0.4 is 0 Å². The molecule has 0 aliphatic carbocycles. The summed E-state index contributed by atoms with van der Waals surface area (Å²) in [4.78, 5) is 24.0. The Morgan fingerprint density at radius 3 is 2.53 bits per heavy atom. The zero-order chi connectivity index (χ0) is 13.1. The lowest BCUT2D eigenvalue weighted by molar-refractivity contribution is -0.137. The fraction of sp³-hybridized carbons (Fsp3) is 0.846. The van der Waals surface area contributed by atoms with Crippen LogP contribution >= 0.6 is 0 Å². The van der Waals surface area contributed by atoms with Crippen LogP contribution in [0.1, 0.15) is 46.5 Å². The quantitative estimate of drug-likeness (QED) is 0.750. The summed E-state index contributed by atoms with van der Waals surface area (Å²) < 4.78 is 0. The normalized spacial score (nSPS) is 21.0. The molecule has 0 aromatic rings. The molecule has 1 N–H and O–H groups in total. The highest BCUT2D eigenvalue weighted by atomic mass is 16.4. The van der Waals surface area contributed by atoms with Crippen molar-refractivity contribution in [3.8, 4) is 0 Å². The van der Waals surface area contributed by atoms with E-state index < -0.39 is 5.97 Å². The number of carbonyl (C=O) groups excluding carboxylic acids is 1. The first-order chi connectivity index (χ1) is 7.80. The number of hydrogen-bond donors (Lipinski definition) is 1. The van der Waals surface area contributed by atoms with Gasteiger partial charge in [-0.15, -0.1) is 0 Å². The van der Waals surface area contributed by atoms with E-state index in [9.17, 15) is 9.59 Å². The van der Waals surface area contributed by atoms with Crippen LogP contribution in [-0.4, -0.2) is 35.0 Å². The number of aliphatic carboxylic acids is 1. The van der Waals surface area contributed by atoms with E-state index in [0.29, 0.717) is 25.3 Å². The molecule has 1 heterocycles. The summed E-state index contributed by atoms with van der Waals surface area (Å²) in [6.07, 6.45) is 2.28. The van der Waals surface area contributed by atoms with Crippen LogP contribution in [0.4, 0.5) is 0 Å². The van der Waals surface area contributed by atoms with Crippen molar-refractivity contribution in [3.63, 3.8) is 0 Å². The van der Waals surface area contributed by atoms with Gasteiger partial charge in [0.05, 0.1) is 0 Å². The Hall–Kier alpha value is -1.06. The largest absolute Gasteiger partial charge is 0.481 e. The van der Waals surface area contributed by atoms with Crippen molar-refractivity contribution >= 4 is 11.9 Å². The number of nitrogens with zero attached hydrogens (tertiary/aromatic N) is 1. The second-order valence-electron chi connectivity index (χ2n) is 5.96. The molecule has 1 saturated heterocycles. The first-order valence-electron chi connectivity index (χ1n) is 6.30. The third-order valence-corrected chi connectivity index (χ3v) is 3.51. The summed E-state index contributed by atoms with van der Waals surface area (Å²) in [7, 11) is 0. The maximum atomic E-state index is 11.8. The van der Waals surface area contributed by atoms with E-state index in [4.69, 9.17) is 5.11 Å². The minimum absolute atomic E-state index is 0.172. The molecule has 4 nitrogen and oxygen atoms in total. The smallest absolute Gasteiger partial charge is 0.303 e. The summed E-state index contributed by atoms with van der Waals surface area (Å²) in [6, 6.07) is 0. The monoisotopic (exact) mass is 241 g/mol. The molecule has 4 heteroatoms. The SMILES string of the molecule is CC(C)(C)C1CC(=O)N(CCCCC(=O)O)C1. The van der Waals surface area contributed by atoms with E-state index in [0.717, 1.165) is 13.0 Å². The molecule has 98 valence electrons. The molecule has 1 rings (SSSR count). The highest BCUT2D eigenvalue weighted by molar-refractivity contribution is 5.78. The summed E-state index contributed by atoms with van der Waals surface area (Å²) in [6.45, 7) is 8.03. The van der Waals surface area contributed by atoms with Crippen molar-refractivity contribution in [1.82, 2.24) is 4.90 Å². The fourth-order valence-corrected chi connectivity index (χ4v) is 2.15. The van der Waals surface area contributed by atoms with Crippen molar-refractivity contribution in [1.29, 1.82) is 0 Å². The first kappa shape index (κ1) is 14.0. The zero-order valence-corrected chi connectivity index (χ0v) is 11.0. The molecule has 1 aliphatic rings. The van der Waals surface area contributed by atoms with Crippen LogP contribution in [0, 0.1) is 11.3 Å². The Bertz CT molecular complexity index is 294. The van der Waals surface area contributed by atoms with Crippen LogP contribution in [0.5, 0.6) is 0 Å². The second kappa shape index (κ2) is 5.52. The predicted octanol–water partition coefficient (Wildman–Crippen LogP) is 2.14. The molecular formula is C13H23NO3. The van der Waals surface area contributed by atoms with Crippen LogP contribution in [0.15, 0.2) is 0 Å². The molecular weight excluding hydrogens is 218 g/mol. The molecule has 0 saturated carbocycles. The lowest BCUT2D eigenvalue weighted by Gasteiger charge is -2.26. The molecule has 0 radical (unpaired) electrons. The number of hydrogen-bond acceptors (Lipinski definition) is 2. The van der Waals surface area contributed by atoms with E-state index in [1.165, 1.54) is 0 Å². The number of carboxylic acids is 1. The van der Waals surface area contributed by atoms with E-state index in [2.05, 4.69) is 20.8 Å². The van der Waals surface area contributed by atoms with E-state index >= 15 is 0 Å². The van der Waals surface area contributed by atoms with Crippen LogP contribution in [0.2, 0.25) is 0 Å². The Balaban J connectivity index is 2.31. The topological polar surface area (TPSA) is 57.6 Å². The summed E-state index contributed by atoms with van der Waals surface area (Å²) in [5.74, 6) is -0.111. The molecule has 1 aliphatic heterocycles. The first-order valence-corrected chi connectivity index (χ1v) is 6.30. The van der Waals surface area contributed by atoms with E-state index in [1.54, 1.807) is 0 Å². The lowest BCUT2D eigenvalue weighted by atomic mass is 9.80. The number of likely N-dealkylation sites (tertiary alicyclic amines) is 1. The highest BCUT2D eigenvalue weighted by Crippen LogP contribution is 2.34. The average molecular weight is 241 g/mol. The van der Waals surface area contributed by atoms with Gasteiger partial charge in [0.25, 0.3) is 0 Å². The average Bonchev–Trinajstić information content (AvgIpc) is 2.54. The second-order valence-corrected chi connectivity index (χ2v) is 5.96. The van der Waals surface area contributed by atoms with Gasteiger partial charge in [0.15, 0.2) is 0 Å². The van der Waals surface area contributed by atoms with Crippen molar-refractivity contribution in [2.24, 2.45) is 11.3 Å². The van der Waals surface area contributed by atoms with Gasteiger partial charge in [0.1, 0.15) is 0 Å². The zero-order valence-electron chi connectivity index (χ0n) is 11.0. The summed E-state index contributed by atoms with van der Waals surface area (Å²) in [5.41, 5.74) is 0.172. The molecule has 17 heavy (non-hydrogen) atoms. The molecule has 1 unspecified atom stereocenters.